The maximum atomic E-state index is 14.2. The number of fused-ring (bicyclic) bond motifs is 3. The van der Waals surface area contributed by atoms with Crippen LogP contribution in [-0.4, -0.2) is 35.6 Å². The van der Waals surface area contributed by atoms with Crippen molar-refractivity contribution in [3.8, 4) is 11.5 Å². The van der Waals surface area contributed by atoms with Gasteiger partial charge in [-0.25, -0.2) is 0 Å². The van der Waals surface area contributed by atoms with Crippen LogP contribution in [0.25, 0.3) is 0 Å². The first-order valence-electron chi connectivity index (χ1n) is 14.3. The van der Waals surface area contributed by atoms with E-state index >= 15 is 0 Å². The summed E-state index contributed by atoms with van der Waals surface area (Å²) in [6.45, 7) is 0. The number of ether oxygens (including phenoxy) is 1. The highest BCUT2D eigenvalue weighted by molar-refractivity contribution is 9.12. The van der Waals surface area contributed by atoms with Gasteiger partial charge in [-0.1, -0.05) is 35.9 Å². The van der Waals surface area contributed by atoms with E-state index in [1.54, 1.807) is 18.2 Å². The van der Waals surface area contributed by atoms with E-state index in [-0.39, 0.29) is 40.0 Å². The number of rotatable bonds is 5. The maximum Gasteiger partial charge on any atom is 0.238 e. The number of para-hydroxylation sites is 1. The van der Waals surface area contributed by atoms with E-state index in [1.807, 2.05) is 48.5 Å². The Morgan fingerprint density at radius 2 is 1.64 bits per heavy atom. The fourth-order valence-electron chi connectivity index (χ4n) is 7.14. The van der Waals surface area contributed by atoms with E-state index in [2.05, 4.69) is 21.2 Å². The van der Waals surface area contributed by atoms with Gasteiger partial charge in [0.1, 0.15) is 11.5 Å². The van der Waals surface area contributed by atoms with Crippen molar-refractivity contribution in [3.63, 3.8) is 0 Å². The van der Waals surface area contributed by atoms with Gasteiger partial charge in [0.05, 0.1) is 29.1 Å². The summed E-state index contributed by atoms with van der Waals surface area (Å²) in [4.78, 5) is 56.2. The van der Waals surface area contributed by atoms with Gasteiger partial charge < -0.3 is 15.2 Å². The van der Waals surface area contributed by atoms with Gasteiger partial charge in [0.25, 0.3) is 0 Å². The third kappa shape index (κ3) is 4.42. The second kappa shape index (κ2) is 10.7. The molecule has 3 aliphatic carbocycles. The predicted molar refractivity (Wildman–Crippen MR) is 168 cm³/mol. The van der Waals surface area contributed by atoms with Gasteiger partial charge in [0.15, 0.2) is 11.6 Å². The molecule has 9 heteroatoms. The molecule has 0 bridgehead atoms. The van der Waals surface area contributed by atoms with Gasteiger partial charge in [-0.15, -0.1) is 0 Å². The van der Waals surface area contributed by atoms with Crippen molar-refractivity contribution in [2.24, 2.45) is 17.8 Å². The molecule has 220 valence electrons. The number of aromatic hydroxyl groups is 1. The monoisotopic (exact) mass is 650 g/mol. The number of hydrogen-bond acceptors (Lipinski definition) is 7. The Balaban J connectivity index is 1.27. The molecule has 1 fully saturated rings. The molecule has 0 saturated carbocycles. The molecule has 0 radical (unpaired) electrons. The summed E-state index contributed by atoms with van der Waals surface area (Å²) in [7, 11) is 1.47. The molecule has 8 nitrogen and oxygen atoms in total. The van der Waals surface area contributed by atoms with Gasteiger partial charge in [-0.3, -0.25) is 24.1 Å². The summed E-state index contributed by atoms with van der Waals surface area (Å²) in [5.74, 6) is -3.27. The molecule has 3 aromatic rings. The van der Waals surface area contributed by atoms with E-state index in [4.69, 9.17) is 4.74 Å². The minimum Gasteiger partial charge on any atom is -0.508 e. The second-order valence-corrected chi connectivity index (χ2v) is 12.2. The lowest BCUT2D eigenvalue weighted by Gasteiger charge is -2.42. The topological polar surface area (TPSA) is 113 Å². The number of carbonyl (C=O) groups is 4. The molecular formula is C35H27BrN2O6. The Bertz CT molecular complexity index is 1840. The Morgan fingerprint density at radius 1 is 0.909 bits per heavy atom. The molecule has 0 aromatic heterocycles. The molecule has 4 atom stereocenters. The van der Waals surface area contributed by atoms with Crippen molar-refractivity contribution in [3.05, 3.63) is 112 Å². The molecule has 4 unspecified atom stereocenters. The number of nitrogens with zero attached hydrogens (tertiary/aromatic N) is 1. The van der Waals surface area contributed by atoms with Crippen LogP contribution in [0.4, 0.5) is 17.1 Å². The average molecular weight is 652 g/mol. The maximum absolute atomic E-state index is 14.2. The molecule has 44 heavy (non-hydrogen) atoms. The number of phenols is 1. The fraction of sp³-hybridized carbons (Fsp3) is 0.200. The lowest BCUT2D eigenvalue weighted by molar-refractivity contribution is -0.123. The van der Waals surface area contributed by atoms with Crippen molar-refractivity contribution in [1.29, 1.82) is 0 Å². The lowest BCUT2D eigenvalue weighted by atomic mass is 9.59. The van der Waals surface area contributed by atoms with Crippen molar-refractivity contribution in [2.75, 3.05) is 17.3 Å². The van der Waals surface area contributed by atoms with Crippen LogP contribution < -0.4 is 15.0 Å². The largest absolute Gasteiger partial charge is 0.508 e. The van der Waals surface area contributed by atoms with Crippen molar-refractivity contribution < 1.29 is 29.0 Å². The Labute approximate surface area is 261 Å². The lowest BCUT2D eigenvalue weighted by Crippen LogP contribution is -2.39. The van der Waals surface area contributed by atoms with Gasteiger partial charge >= 0.3 is 0 Å². The van der Waals surface area contributed by atoms with Gasteiger partial charge in [0.2, 0.25) is 11.8 Å². The third-order valence-corrected chi connectivity index (χ3v) is 9.64. The second-order valence-electron chi connectivity index (χ2n) is 11.4. The number of amides is 2. The molecule has 7 rings (SSSR count). The number of allylic oxidation sites excluding steroid dienone is 6. The Kier molecular flexibility index (Phi) is 6.85. The molecule has 3 aromatic carbocycles. The predicted octanol–water partition coefficient (Wildman–Crippen LogP) is 6.11. The SMILES string of the molecule is COc1cc(O)ccc1C1C2=CCC3C(=O)N(c4ccc(Nc5ccccc5)cc4)C(=O)C3C2CC2=C1C(=O)C=C(Br)C2=O. The van der Waals surface area contributed by atoms with Crippen LogP contribution in [0.1, 0.15) is 24.3 Å². The summed E-state index contributed by atoms with van der Waals surface area (Å²) in [5, 5.41) is 13.4. The van der Waals surface area contributed by atoms with Gasteiger partial charge in [-0.05, 0) is 77.2 Å². The van der Waals surface area contributed by atoms with E-state index in [9.17, 15) is 24.3 Å². The van der Waals surface area contributed by atoms with Crippen LogP contribution in [-0.2, 0) is 19.2 Å². The number of benzene rings is 3. The number of halogens is 1. The molecule has 1 heterocycles. The first-order chi connectivity index (χ1) is 21.3. The molecule has 1 aliphatic heterocycles. The number of nitrogens with one attached hydrogen (secondary N) is 1. The molecule has 4 aliphatic rings. The zero-order chi connectivity index (χ0) is 30.7. The number of methoxy groups -OCH3 is 1. The number of ketones is 2. The third-order valence-electron chi connectivity index (χ3n) is 9.05. The number of Topliss-reactive ketones (excluding diaryl/α,β-unsaturated/α-hetero) is 1. The summed E-state index contributed by atoms with van der Waals surface area (Å²) in [6, 6.07) is 21.5. The number of hydrogen-bond donors (Lipinski definition) is 2. The number of anilines is 3. The minimum atomic E-state index is -0.697. The molecular weight excluding hydrogens is 624 g/mol. The van der Waals surface area contributed by atoms with Gasteiger partial charge in [-0.2, -0.15) is 0 Å². The molecule has 2 N–H and O–H groups in total. The van der Waals surface area contributed by atoms with E-state index in [1.165, 1.54) is 30.2 Å². The summed E-state index contributed by atoms with van der Waals surface area (Å²) < 4.78 is 5.77. The smallest absolute Gasteiger partial charge is 0.238 e. The van der Waals surface area contributed by atoms with Crippen LogP contribution in [0.3, 0.4) is 0 Å². The van der Waals surface area contributed by atoms with E-state index in [0.717, 1.165) is 16.9 Å². The highest BCUT2D eigenvalue weighted by atomic mass is 79.9. The first-order valence-corrected chi connectivity index (χ1v) is 15.1. The number of imide groups is 1. The average Bonchev–Trinajstić information content (AvgIpc) is 3.29. The van der Waals surface area contributed by atoms with Crippen LogP contribution in [0, 0.1) is 17.8 Å². The first kappa shape index (κ1) is 28.0. The highest BCUT2D eigenvalue weighted by Crippen LogP contribution is 2.56. The Morgan fingerprint density at radius 3 is 2.36 bits per heavy atom. The fourth-order valence-corrected chi connectivity index (χ4v) is 7.58. The molecule has 2 amide bonds. The summed E-state index contributed by atoms with van der Waals surface area (Å²) in [6.07, 6.45) is 3.74. The standard InChI is InChI=1S/C35H27BrN2O6/c1-44-29-15-21(39)11-12-23(29)30-22-13-14-24-31(25(22)16-26-32(30)28(40)17-27(36)33(26)41)35(43)38(34(24)42)20-9-7-19(8-10-20)37-18-5-3-2-4-6-18/h2-13,15,17,24-25,30-31,37,39H,14,16H2,1H3. The Hall–Kier alpha value is -4.76. The minimum absolute atomic E-state index is 0.00395. The van der Waals surface area contributed by atoms with E-state index < -0.39 is 23.7 Å². The van der Waals surface area contributed by atoms with Crippen LogP contribution in [0.5, 0.6) is 11.5 Å². The van der Waals surface area contributed by atoms with Crippen LogP contribution >= 0.6 is 15.9 Å². The zero-order valence-electron chi connectivity index (χ0n) is 23.6. The molecule has 1 saturated heterocycles. The summed E-state index contributed by atoms with van der Waals surface area (Å²) in [5.41, 5.74) is 4.32. The van der Waals surface area contributed by atoms with Crippen molar-refractivity contribution >= 4 is 56.4 Å². The zero-order valence-corrected chi connectivity index (χ0v) is 25.2. The molecule has 0 spiro atoms. The number of phenolic OH excluding ortho intramolecular Hbond substituents is 1. The van der Waals surface area contributed by atoms with Crippen LogP contribution in [0.15, 0.2) is 106 Å². The number of carbonyl (C=O) groups excluding carboxylic acids is 4. The van der Waals surface area contributed by atoms with E-state index in [0.29, 0.717) is 34.6 Å². The normalized spacial score (nSPS) is 24.4. The van der Waals surface area contributed by atoms with Crippen molar-refractivity contribution in [2.45, 2.75) is 18.8 Å². The summed E-state index contributed by atoms with van der Waals surface area (Å²) >= 11 is 3.25. The quantitative estimate of drug-likeness (QED) is 0.195. The van der Waals surface area contributed by atoms with Crippen LogP contribution in [0.2, 0.25) is 0 Å². The highest BCUT2D eigenvalue weighted by Gasteiger charge is 2.57. The van der Waals surface area contributed by atoms with Gasteiger partial charge in [0, 0.05) is 46.1 Å². The van der Waals surface area contributed by atoms with Crippen molar-refractivity contribution in [1.82, 2.24) is 0 Å².